The Labute approximate surface area is 208 Å². The van der Waals surface area contributed by atoms with E-state index < -0.39 is 0 Å². The Kier molecular flexibility index (Phi) is 8.11. The van der Waals surface area contributed by atoms with E-state index in [1.165, 1.54) is 11.1 Å². The number of amides is 1. The van der Waals surface area contributed by atoms with Gasteiger partial charge in [-0.25, -0.2) is 4.98 Å². The van der Waals surface area contributed by atoms with Gasteiger partial charge in [-0.05, 0) is 61.4 Å². The van der Waals surface area contributed by atoms with Gasteiger partial charge in [-0.2, -0.15) is 0 Å². The summed E-state index contributed by atoms with van der Waals surface area (Å²) >= 11 is 0. The SMILES string of the molecule is CCOc1cc2c(cc1OCC)CN(C(=O)CCc1ncc(-c3ccc(CC(C)C)cc3)o1)CC2. The van der Waals surface area contributed by atoms with Crippen molar-refractivity contribution >= 4 is 5.91 Å². The van der Waals surface area contributed by atoms with E-state index >= 15 is 0 Å². The number of aryl methyl sites for hydroxylation is 1. The highest BCUT2D eigenvalue weighted by atomic mass is 16.5. The van der Waals surface area contributed by atoms with E-state index in [2.05, 4.69) is 49.2 Å². The van der Waals surface area contributed by atoms with E-state index in [-0.39, 0.29) is 5.91 Å². The van der Waals surface area contributed by atoms with Gasteiger partial charge in [0.15, 0.2) is 23.1 Å². The van der Waals surface area contributed by atoms with Crippen molar-refractivity contribution < 1.29 is 18.7 Å². The minimum atomic E-state index is 0.111. The van der Waals surface area contributed by atoms with Gasteiger partial charge in [0.1, 0.15) is 0 Å². The zero-order valence-electron chi connectivity index (χ0n) is 21.3. The number of benzene rings is 2. The van der Waals surface area contributed by atoms with Crippen LogP contribution in [0.1, 0.15) is 56.7 Å². The molecule has 35 heavy (non-hydrogen) atoms. The molecule has 4 rings (SSSR count). The number of hydrogen-bond donors (Lipinski definition) is 0. The molecule has 0 radical (unpaired) electrons. The van der Waals surface area contributed by atoms with Crippen LogP contribution in [0, 0.1) is 5.92 Å². The lowest BCUT2D eigenvalue weighted by Crippen LogP contribution is -2.36. The Bertz CT molecular complexity index is 1130. The van der Waals surface area contributed by atoms with Gasteiger partial charge in [0.2, 0.25) is 5.91 Å². The maximum Gasteiger partial charge on any atom is 0.223 e. The lowest BCUT2D eigenvalue weighted by atomic mass is 9.98. The van der Waals surface area contributed by atoms with Crippen molar-refractivity contribution in [3.05, 3.63) is 65.2 Å². The first kappa shape index (κ1) is 24.8. The third-order valence-corrected chi connectivity index (χ3v) is 6.22. The fourth-order valence-corrected chi connectivity index (χ4v) is 4.52. The van der Waals surface area contributed by atoms with Crippen molar-refractivity contribution in [2.75, 3.05) is 19.8 Å². The number of aromatic nitrogens is 1. The van der Waals surface area contributed by atoms with Crippen LogP contribution in [-0.4, -0.2) is 35.5 Å². The molecule has 186 valence electrons. The molecule has 3 aromatic rings. The van der Waals surface area contributed by atoms with Crippen LogP contribution in [0.5, 0.6) is 11.5 Å². The molecule has 0 N–H and O–H groups in total. The predicted molar refractivity (Wildman–Crippen MR) is 137 cm³/mol. The van der Waals surface area contributed by atoms with E-state index in [1.54, 1.807) is 6.20 Å². The Morgan fingerprint density at radius 2 is 1.74 bits per heavy atom. The highest BCUT2D eigenvalue weighted by molar-refractivity contribution is 5.76. The summed E-state index contributed by atoms with van der Waals surface area (Å²) in [6, 6.07) is 12.5. The number of ether oxygens (including phenoxy) is 2. The Hall–Kier alpha value is -3.28. The Morgan fingerprint density at radius 3 is 2.40 bits per heavy atom. The number of nitrogens with zero attached hydrogens (tertiary/aromatic N) is 2. The van der Waals surface area contributed by atoms with Gasteiger partial charge >= 0.3 is 0 Å². The van der Waals surface area contributed by atoms with Crippen LogP contribution in [0.2, 0.25) is 0 Å². The normalized spacial score (nSPS) is 13.1. The van der Waals surface area contributed by atoms with Crippen molar-refractivity contribution in [3.8, 4) is 22.8 Å². The van der Waals surface area contributed by atoms with Crippen LogP contribution in [0.4, 0.5) is 0 Å². The van der Waals surface area contributed by atoms with Crippen LogP contribution < -0.4 is 9.47 Å². The molecule has 0 saturated heterocycles. The first-order valence-corrected chi connectivity index (χ1v) is 12.7. The molecule has 0 fully saturated rings. The number of oxazole rings is 1. The number of carbonyl (C=O) groups excluding carboxylic acids is 1. The van der Waals surface area contributed by atoms with E-state index in [1.807, 2.05) is 24.8 Å². The summed E-state index contributed by atoms with van der Waals surface area (Å²) in [5, 5.41) is 0. The quantitative estimate of drug-likeness (QED) is 0.367. The summed E-state index contributed by atoms with van der Waals surface area (Å²) in [6.45, 7) is 10.8. The highest BCUT2D eigenvalue weighted by Crippen LogP contribution is 2.34. The van der Waals surface area contributed by atoms with Crippen molar-refractivity contribution in [1.29, 1.82) is 0 Å². The minimum absolute atomic E-state index is 0.111. The molecule has 0 unspecified atom stereocenters. The van der Waals surface area contributed by atoms with Crippen molar-refractivity contribution in [1.82, 2.24) is 9.88 Å². The maximum absolute atomic E-state index is 13.0. The fraction of sp³-hybridized carbons (Fsp3) is 0.448. The maximum atomic E-state index is 13.0. The highest BCUT2D eigenvalue weighted by Gasteiger charge is 2.23. The topological polar surface area (TPSA) is 64.8 Å². The summed E-state index contributed by atoms with van der Waals surface area (Å²) < 4.78 is 17.5. The van der Waals surface area contributed by atoms with E-state index in [0.717, 1.165) is 41.2 Å². The molecular weight excluding hydrogens is 440 g/mol. The summed E-state index contributed by atoms with van der Waals surface area (Å²) in [6.07, 6.45) is 4.48. The fourth-order valence-electron chi connectivity index (χ4n) is 4.52. The molecule has 1 aliphatic rings. The Morgan fingerprint density at radius 1 is 1.06 bits per heavy atom. The molecule has 1 amide bonds. The summed E-state index contributed by atoms with van der Waals surface area (Å²) in [4.78, 5) is 19.3. The second kappa shape index (κ2) is 11.4. The van der Waals surface area contributed by atoms with Gasteiger partial charge in [-0.1, -0.05) is 38.1 Å². The van der Waals surface area contributed by atoms with Crippen molar-refractivity contribution in [2.24, 2.45) is 5.92 Å². The second-order valence-corrected chi connectivity index (χ2v) is 9.41. The molecule has 1 aromatic heterocycles. The van der Waals surface area contributed by atoms with Crippen LogP contribution in [0.3, 0.4) is 0 Å². The molecule has 1 aliphatic heterocycles. The smallest absolute Gasteiger partial charge is 0.223 e. The average Bonchev–Trinajstić information content (AvgIpc) is 3.32. The lowest BCUT2D eigenvalue weighted by molar-refractivity contribution is -0.132. The standard InChI is InChI=1S/C29H36N2O4/c1-5-33-25-16-23-13-14-31(19-24(23)17-26(25)34-6-2)29(32)12-11-28-30-18-27(35-28)22-9-7-21(8-10-22)15-20(3)4/h7-10,16-18,20H,5-6,11-15,19H2,1-4H3. The number of rotatable bonds is 10. The molecule has 0 bridgehead atoms. The summed E-state index contributed by atoms with van der Waals surface area (Å²) in [5.74, 6) is 3.60. The van der Waals surface area contributed by atoms with Crippen LogP contribution in [0.25, 0.3) is 11.3 Å². The van der Waals surface area contributed by atoms with Crippen molar-refractivity contribution in [2.45, 2.75) is 59.9 Å². The number of carbonyl (C=O) groups is 1. The molecular formula is C29H36N2O4. The molecule has 6 nitrogen and oxygen atoms in total. The van der Waals surface area contributed by atoms with Gasteiger partial charge in [0.05, 0.1) is 19.4 Å². The first-order valence-electron chi connectivity index (χ1n) is 12.7. The van der Waals surface area contributed by atoms with Gasteiger partial charge in [0, 0.05) is 31.5 Å². The third kappa shape index (κ3) is 6.24. The van der Waals surface area contributed by atoms with E-state index in [0.29, 0.717) is 51.0 Å². The molecule has 0 saturated carbocycles. The molecule has 0 spiro atoms. The first-order chi connectivity index (χ1) is 17.0. The monoisotopic (exact) mass is 476 g/mol. The molecule has 6 heteroatoms. The lowest BCUT2D eigenvalue weighted by Gasteiger charge is -2.30. The van der Waals surface area contributed by atoms with Gasteiger partial charge in [0.25, 0.3) is 0 Å². The summed E-state index contributed by atoms with van der Waals surface area (Å²) in [7, 11) is 0. The zero-order chi connectivity index (χ0) is 24.8. The van der Waals surface area contributed by atoms with E-state index in [9.17, 15) is 4.79 Å². The van der Waals surface area contributed by atoms with Crippen molar-refractivity contribution in [3.63, 3.8) is 0 Å². The summed E-state index contributed by atoms with van der Waals surface area (Å²) in [5.41, 5.74) is 4.67. The minimum Gasteiger partial charge on any atom is -0.490 e. The van der Waals surface area contributed by atoms with E-state index in [4.69, 9.17) is 13.9 Å². The van der Waals surface area contributed by atoms with Crippen LogP contribution >= 0.6 is 0 Å². The molecule has 0 aliphatic carbocycles. The van der Waals surface area contributed by atoms with Gasteiger partial charge in [-0.3, -0.25) is 4.79 Å². The molecule has 2 aromatic carbocycles. The predicted octanol–water partition coefficient (Wildman–Crippen LogP) is 5.86. The van der Waals surface area contributed by atoms with Crippen LogP contribution in [0.15, 0.2) is 47.0 Å². The van der Waals surface area contributed by atoms with Gasteiger partial charge < -0.3 is 18.8 Å². The molecule has 0 atom stereocenters. The second-order valence-electron chi connectivity index (χ2n) is 9.41. The number of fused-ring (bicyclic) bond motifs is 1. The largest absolute Gasteiger partial charge is 0.490 e. The number of hydrogen-bond acceptors (Lipinski definition) is 5. The van der Waals surface area contributed by atoms with Gasteiger partial charge in [-0.15, -0.1) is 0 Å². The molecule has 2 heterocycles. The van der Waals surface area contributed by atoms with Crippen LogP contribution in [-0.2, 0) is 30.6 Å². The third-order valence-electron chi connectivity index (χ3n) is 6.22. The zero-order valence-corrected chi connectivity index (χ0v) is 21.3. The average molecular weight is 477 g/mol. The Balaban J connectivity index is 1.35.